The number of para-hydroxylation sites is 2. The first-order valence-corrected chi connectivity index (χ1v) is 17.5. The molecule has 0 N–H and O–H groups in total. The van der Waals surface area contributed by atoms with E-state index in [1.807, 2.05) is 69.8 Å². The van der Waals surface area contributed by atoms with E-state index in [0.29, 0.717) is 43.5 Å². The predicted molar refractivity (Wildman–Crippen MR) is 200 cm³/mol. The average Bonchev–Trinajstić information content (AvgIpc) is 3.67. The van der Waals surface area contributed by atoms with Crippen LogP contribution in [0.15, 0.2) is 122 Å². The minimum absolute atomic E-state index is 0.191. The van der Waals surface area contributed by atoms with Gasteiger partial charge in [-0.1, -0.05) is 72.8 Å². The van der Waals surface area contributed by atoms with Gasteiger partial charge in [-0.05, 0) is 55.7 Å². The number of rotatable bonds is 12. The van der Waals surface area contributed by atoms with Gasteiger partial charge in [0.05, 0.1) is 49.7 Å². The molecule has 0 spiro atoms. The molecule has 0 unspecified atom stereocenters. The number of unbranched alkanes of at least 4 members (excludes halogenated alkanes) is 2. The SMILES string of the molecule is O=C(OCCCCCOC(=O)c1cc2c3ccccc3n(Cc3ccccc3F)c2cn1)c1cc2c3ccccc3n(Cc3ccccc3F)c2cn1. The fourth-order valence-corrected chi connectivity index (χ4v) is 6.91. The number of aromatic nitrogens is 4. The maximum atomic E-state index is 14.5. The Hall–Kier alpha value is -6.42. The van der Waals surface area contributed by atoms with Crippen LogP contribution in [-0.4, -0.2) is 44.3 Å². The molecule has 0 saturated carbocycles. The number of carbonyl (C=O) groups excluding carboxylic acids is 2. The van der Waals surface area contributed by atoms with Crippen LogP contribution in [0.2, 0.25) is 0 Å². The molecule has 8 aromatic rings. The highest BCUT2D eigenvalue weighted by Gasteiger charge is 2.18. The number of hydrogen-bond acceptors (Lipinski definition) is 6. The van der Waals surface area contributed by atoms with Gasteiger partial charge >= 0.3 is 11.9 Å². The van der Waals surface area contributed by atoms with Crippen molar-refractivity contribution in [3.05, 3.63) is 156 Å². The molecular formula is C43H34F2N4O4. The van der Waals surface area contributed by atoms with Gasteiger partial charge in [-0.15, -0.1) is 0 Å². The smallest absolute Gasteiger partial charge is 0.356 e. The number of halogens is 2. The summed E-state index contributed by atoms with van der Waals surface area (Å²) in [5.74, 6) is -1.61. The van der Waals surface area contributed by atoms with Crippen molar-refractivity contribution in [1.82, 2.24) is 19.1 Å². The summed E-state index contributed by atoms with van der Waals surface area (Å²) in [7, 11) is 0. The summed E-state index contributed by atoms with van der Waals surface area (Å²) in [5, 5.41) is 3.54. The van der Waals surface area contributed by atoms with Crippen molar-refractivity contribution in [1.29, 1.82) is 0 Å². The van der Waals surface area contributed by atoms with Crippen LogP contribution in [0.1, 0.15) is 51.4 Å². The number of hydrogen-bond donors (Lipinski definition) is 0. The zero-order chi connectivity index (χ0) is 36.3. The first-order valence-electron chi connectivity index (χ1n) is 17.5. The molecule has 0 saturated heterocycles. The molecule has 0 amide bonds. The van der Waals surface area contributed by atoms with Crippen LogP contribution in [0, 0.1) is 11.6 Å². The summed E-state index contributed by atoms with van der Waals surface area (Å²) >= 11 is 0. The second-order valence-corrected chi connectivity index (χ2v) is 12.9. The van der Waals surface area contributed by atoms with E-state index in [-0.39, 0.29) is 36.2 Å². The molecule has 0 bridgehead atoms. The molecule has 4 heterocycles. The number of pyridine rings is 2. The zero-order valence-electron chi connectivity index (χ0n) is 28.7. The maximum Gasteiger partial charge on any atom is 0.356 e. The lowest BCUT2D eigenvalue weighted by atomic mass is 10.1. The van der Waals surface area contributed by atoms with Crippen LogP contribution in [-0.2, 0) is 22.6 Å². The second-order valence-electron chi connectivity index (χ2n) is 12.9. The Labute approximate surface area is 303 Å². The molecule has 4 aromatic carbocycles. The minimum Gasteiger partial charge on any atom is -0.461 e. The topological polar surface area (TPSA) is 88.2 Å². The van der Waals surface area contributed by atoms with E-state index in [1.54, 1.807) is 48.8 Å². The number of esters is 2. The Bertz CT molecular complexity index is 2470. The summed E-state index contributed by atoms with van der Waals surface area (Å²) < 4.78 is 44.1. The number of nitrogens with zero attached hydrogens (tertiary/aromatic N) is 4. The normalized spacial score (nSPS) is 11.5. The van der Waals surface area contributed by atoms with Crippen molar-refractivity contribution in [2.24, 2.45) is 0 Å². The molecule has 0 fully saturated rings. The van der Waals surface area contributed by atoms with Gasteiger partial charge in [0.1, 0.15) is 23.0 Å². The van der Waals surface area contributed by atoms with Gasteiger partial charge in [0.15, 0.2) is 0 Å². The van der Waals surface area contributed by atoms with Crippen molar-refractivity contribution < 1.29 is 27.8 Å². The van der Waals surface area contributed by atoms with Gasteiger partial charge in [0.2, 0.25) is 0 Å². The monoisotopic (exact) mass is 708 g/mol. The van der Waals surface area contributed by atoms with Gasteiger partial charge < -0.3 is 18.6 Å². The molecule has 53 heavy (non-hydrogen) atoms. The lowest BCUT2D eigenvalue weighted by molar-refractivity contribution is 0.0471. The molecular weight excluding hydrogens is 674 g/mol. The van der Waals surface area contributed by atoms with Crippen LogP contribution in [0.4, 0.5) is 8.78 Å². The molecule has 10 heteroatoms. The standard InChI is InChI=1S/C43H34F2N4O4/c44-34-16-6-2-12-28(34)26-48-38-18-8-4-14-30(38)32-22-36(46-24-40(32)48)42(50)52-20-10-1-11-21-53-43(51)37-23-33-31-15-5-9-19-39(31)49(41(33)25-47-37)27-29-13-3-7-17-35(29)45/h2-9,12-19,22-25H,1,10-11,20-21,26-27H2. The molecule has 0 aliphatic heterocycles. The van der Waals surface area contributed by atoms with E-state index in [1.165, 1.54) is 12.1 Å². The van der Waals surface area contributed by atoms with E-state index in [0.717, 1.165) is 43.6 Å². The van der Waals surface area contributed by atoms with Crippen LogP contribution in [0.3, 0.4) is 0 Å². The third kappa shape index (κ3) is 6.71. The Morgan fingerprint density at radius 3 is 1.38 bits per heavy atom. The first kappa shape index (κ1) is 33.7. The van der Waals surface area contributed by atoms with Gasteiger partial charge in [-0.2, -0.15) is 0 Å². The molecule has 4 aromatic heterocycles. The maximum absolute atomic E-state index is 14.5. The highest BCUT2D eigenvalue weighted by molar-refractivity contribution is 6.10. The van der Waals surface area contributed by atoms with Crippen molar-refractivity contribution in [2.45, 2.75) is 32.4 Å². The molecule has 264 valence electrons. The van der Waals surface area contributed by atoms with Crippen LogP contribution >= 0.6 is 0 Å². The summed E-state index contributed by atoms with van der Waals surface area (Å²) in [5.41, 5.74) is 4.93. The minimum atomic E-state index is -0.527. The summed E-state index contributed by atoms with van der Waals surface area (Å²) in [6.07, 6.45) is 5.11. The number of fused-ring (bicyclic) bond motifs is 6. The van der Waals surface area contributed by atoms with Crippen molar-refractivity contribution in [3.63, 3.8) is 0 Å². The van der Waals surface area contributed by atoms with Crippen LogP contribution in [0.25, 0.3) is 43.6 Å². The van der Waals surface area contributed by atoms with E-state index in [4.69, 9.17) is 9.47 Å². The highest BCUT2D eigenvalue weighted by Crippen LogP contribution is 2.32. The largest absolute Gasteiger partial charge is 0.461 e. The quantitative estimate of drug-likeness (QED) is 0.0929. The molecule has 0 radical (unpaired) electrons. The summed E-state index contributed by atoms with van der Waals surface area (Å²) in [6, 6.07) is 32.4. The van der Waals surface area contributed by atoms with Gasteiger partial charge in [0, 0.05) is 43.7 Å². The van der Waals surface area contributed by atoms with E-state index < -0.39 is 11.9 Å². The summed E-state index contributed by atoms with van der Waals surface area (Å²) in [4.78, 5) is 34.7. The summed E-state index contributed by atoms with van der Waals surface area (Å²) in [6.45, 7) is 1.04. The van der Waals surface area contributed by atoms with Crippen LogP contribution in [0.5, 0.6) is 0 Å². The second kappa shape index (κ2) is 14.7. The molecule has 8 nitrogen and oxygen atoms in total. The third-order valence-electron chi connectivity index (χ3n) is 9.56. The third-order valence-corrected chi connectivity index (χ3v) is 9.56. The van der Waals surface area contributed by atoms with Crippen LogP contribution < -0.4 is 0 Å². The van der Waals surface area contributed by atoms with Gasteiger partial charge in [-0.3, -0.25) is 0 Å². The fourth-order valence-electron chi connectivity index (χ4n) is 6.91. The molecule has 0 atom stereocenters. The average molecular weight is 709 g/mol. The van der Waals surface area contributed by atoms with E-state index in [9.17, 15) is 18.4 Å². The van der Waals surface area contributed by atoms with Crippen molar-refractivity contribution >= 4 is 55.6 Å². The molecule has 8 rings (SSSR count). The number of carbonyl (C=O) groups is 2. The lowest BCUT2D eigenvalue weighted by Gasteiger charge is -2.09. The molecule has 0 aliphatic rings. The number of ether oxygens (including phenoxy) is 2. The first-order chi connectivity index (χ1) is 26.0. The Balaban J connectivity index is 0.855. The molecule has 0 aliphatic carbocycles. The Morgan fingerprint density at radius 2 is 0.925 bits per heavy atom. The van der Waals surface area contributed by atoms with E-state index in [2.05, 4.69) is 9.97 Å². The van der Waals surface area contributed by atoms with Gasteiger partial charge in [0.25, 0.3) is 0 Å². The number of benzene rings is 4. The van der Waals surface area contributed by atoms with Crippen molar-refractivity contribution in [3.8, 4) is 0 Å². The Morgan fingerprint density at radius 1 is 0.509 bits per heavy atom. The zero-order valence-corrected chi connectivity index (χ0v) is 28.7. The van der Waals surface area contributed by atoms with Gasteiger partial charge in [-0.25, -0.2) is 28.3 Å². The predicted octanol–water partition coefficient (Wildman–Crippen LogP) is 9.25. The Kier molecular flexibility index (Phi) is 9.33. The van der Waals surface area contributed by atoms with Crippen molar-refractivity contribution in [2.75, 3.05) is 13.2 Å². The fraction of sp³-hybridized carbons (Fsp3) is 0.163. The van der Waals surface area contributed by atoms with E-state index >= 15 is 0 Å². The highest BCUT2D eigenvalue weighted by atomic mass is 19.1. The lowest BCUT2D eigenvalue weighted by Crippen LogP contribution is -2.10.